The van der Waals surface area contributed by atoms with Crippen LogP contribution in [0.2, 0.25) is 19.6 Å². The summed E-state index contributed by atoms with van der Waals surface area (Å²) in [6.07, 6.45) is 12.4. The summed E-state index contributed by atoms with van der Waals surface area (Å²) >= 11 is 0. The molecule has 0 spiro atoms. The SMILES string of the molecule is C=C(C)C(=O)OCCOCCOCCOc1ccc(C2(c3ccccc3)C=Cc3c4c(c5cc(N6CCCCC6)c(OC)cc5c3O2)-c2ccc(-c3ccc([Si](C)(C)C)cc3)cc2C4(CCC)CCC)cc1. The van der Waals surface area contributed by atoms with E-state index in [-0.39, 0.29) is 12.0 Å². The van der Waals surface area contributed by atoms with Gasteiger partial charge in [0.2, 0.25) is 0 Å². The van der Waals surface area contributed by atoms with Gasteiger partial charge in [-0.05, 0) is 114 Å². The zero-order valence-corrected chi connectivity index (χ0v) is 44.7. The van der Waals surface area contributed by atoms with Gasteiger partial charge in [0.25, 0.3) is 0 Å². The molecule has 9 heteroatoms. The largest absolute Gasteiger partial charge is 0.495 e. The van der Waals surface area contributed by atoms with Gasteiger partial charge in [-0.25, -0.2) is 4.79 Å². The summed E-state index contributed by atoms with van der Waals surface area (Å²) in [7, 11) is 0.356. The van der Waals surface area contributed by atoms with E-state index in [0.29, 0.717) is 38.6 Å². The van der Waals surface area contributed by atoms with E-state index >= 15 is 0 Å². The minimum atomic E-state index is -1.45. The number of benzene rings is 6. The molecule has 3 aliphatic rings. The number of carbonyl (C=O) groups is 1. The van der Waals surface area contributed by atoms with E-state index in [4.69, 9.17) is 28.4 Å². The van der Waals surface area contributed by atoms with Gasteiger partial charge in [0.15, 0.2) is 5.60 Å². The van der Waals surface area contributed by atoms with Crippen LogP contribution in [-0.2, 0) is 30.0 Å². The maximum absolute atomic E-state index is 11.6. The van der Waals surface area contributed by atoms with Crippen LogP contribution in [0, 0.1) is 0 Å². The van der Waals surface area contributed by atoms with Gasteiger partial charge in [0.05, 0.1) is 47.3 Å². The van der Waals surface area contributed by atoms with Gasteiger partial charge in [0, 0.05) is 46.2 Å². The molecule has 2 heterocycles. The molecule has 376 valence electrons. The summed E-state index contributed by atoms with van der Waals surface area (Å²) in [6, 6.07) is 40.4. The van der Waals surface area contributed by atoms with Gasteiger partial charge in [-0.2, -0.15) is 0 Å². The Balaban J connectivity index is 1.11. The van der Waals surface area contributed by atoms with E-state index in [1.165, 1.54) is 63.2 Å². The maximum atomic E-state index is 11.6. The smallest absolute Gasteiger partial charge is 0.333 e. The van der Waals surface area contributed by atoms with Crippen molar-refractivity contribution < 1.29 is 33.2 Å². The molecule has 1 fully saturated rings. The number of hydrogen-bond acceptors (Lipinski definition) is 8. The van der Waals surface area contributed by atoms with Gasteiger partial charge in [-0.15, -0.1) is 0 Å². The third-order valence-electron chi connectivity index (χ3n) is 14.9. The molecule has 6 aromatic rings. The second kappa shape index (κ2) is 21.9. The van der Waals surface area contributed by atoms with Crippen LogP contribution in [0.25, 0.3) is 39.1 Å². The highest BCUT2D eigenvalue weighted by molar-refractivity contribution is 6.88. The van der Waals surface area contributed by atoms with Crippen LogP contribution < -0.4 is 24.3 Å². The number of piperidine rings is 1. The number of anilines is 1. The number of methoxy groups -OCH3 is 1. The van der Waals surface area contributed by atoms with Crippen molar-refractivity contribution in [3.8, 4) is 39.5 Å². The molecule has 1 atom stereocenters. The van der Waals surface area contributed by atoms with Gasteiger partial charge < -0.3 is 33.3 Å². The zero-order valence-electron chi connectivity index (χ0n) is 43.7. The third-order valence-corrected chi connectivity index (χ3v) is 17.0. The number of fused-ring (bicyclic) bond motifs is 8. The Morgan fingerprint density at radius 3 is 2.04 bits per heavy atom. The second-order valence-corrected chi connectivity index (χ2v) is 25.9. The fraction of sp³-hybridized carbons (Fsp3) is 0.381. The third kappa shape index (κ3) is 10.0. The molecule has 0 bridgehead atoms. The van der Waals surface area contributed by atoms with E-state index in [1.54, 1.807) is 6.92 Å². The predicted molar refractivity (Wildman–Crippen MR) is 297 cm³/mol. The van der Waals surface area contributed by atoms with Crippen molar-refractivity contribution in [1.29, 1.82) is 0 Å². The first kappa shape index (κ1) is 50.8. The quantitative estimate of drug-likeness (QED) is 0.0306. The summed E-state index contributed by atoms with van der Waals surface area (Å²) < 4.78 is 36.8. The van der Waals surface area contributed by atoms with Crippen LogP contribution in [-0.4, -0.2) is 73.9 Å². The van der Waals surface area contributed by atoms with Crippen molar-refractivity contribution in [3.63, 3.8) is 0 Å². The molecule has 1 saturated heterocycles. The summed E-state index contributed by atoms with van der Waals surface area (Å²) in [4.78, 5) is 14.1. The fourth-order valence-electron chi connectivity index (χ4n) is 11.4. The zero-order chi connectivity index (χ0) is 50.5. The predicted octanol–water partition coefficient (Wildman–Crippen LogP) is 13.8. The highest BCUT2D eigenvalue weighted by Gasteiger charge is 2.48. The second-order valence-electron chi connectivity index (χ2n) is 20.8. The van der Waals surface area contributed by atoms with Crippen molar-refractivity contribution in [3.05, 3.63) is 155 Å². The lowest BCUT2D eigenvalue weighted by molar-refractivity contribution is -0.140. The Morgan fingerprint density at radius 2 is 1.39 bits per heavy atom. The standard InChI is InChI=1S/C63H73NO7Si/c1-9-30-62(31-10-2)55-41-46(45-19-26-50(27-20-45)72(6,7)8)21-28-51(55)58-53-42-56(64-33-15-12-16-34-64)57(66-5)43-54(53)60-52(59(58)62)29-32-63(71-60,47-17-13-11-14-18-47)48-22-24-49(25-23-48)69-39-37-67-35-36-68-38-40-70-61(65)44(3)4/h11,13-14,17-29,32,41-43H,3,9-10,12,15-16,30-31,33-40H2,1-2,4-8H3. The van der Waals surface area contributed by atoms with Crippen molar-refractivity contribution in [2.24, 2.45) is 0 Å². The number of ether oxygens (including phenoxy) is 6. The molecule has 2 aliphatic heterocycles. The molecule has 0 aromatic heterocycles. The van der Waals surface area contributed by atoms with Crippen molar-refractivity contribution >= 4 is 41.8 Å². The number of carbonyl (C=O) groups excluding carboxylic acids is 1. The maximum Gasteiger partial charge on any atom is 0.333 e. The van der Waals surface area contributed by atoms with Crippen LogP contribution >= 0.6 is 0 Å². The normalized spacial score (nSPS) is 16.7. The highest BCUT2D eigenvalue weighted by Crippen LogP contribution is 2.62. The van der Waals surface area contributed by atoms with Crippen molar-refractivity contribution in [2.45, 2.75) is 96.4 Å². The molecule has 8 nitrogen and oxygen atoms in total. The molecular weight excluding hydrogens is 911 g/mol. The van der Waals surface area contributed by atoms with Crippen LogP contribution in [0.3, 0.4) is 0 Å². The highest BCUT2D eigenvalue weighted by atomic mass is 28.3. The summed E-state index contributed by atoms with van der Waals surface area (Å²) in [5.41, 5.74) is 11.6. The minimum absolute atomic E-state index is 0.181. The Morgan fingerprint density at radius 1 is 0.736 bits per heavy atom. The summed E-state index contributed by atoms with van der Waals surface area (Å²) in [6.45, 7) is 21.2. The molecule has 0 saturated carbocycles. The van der Waals surface area contributed by atoms with E-state index in [9.17, 15) is 4.79 Å². The number of esters is 1. The van der Waals surface area contributed by atoms with E-state index < -0.39 is 19.6 Å². The van der Waals surface area contributed by atoms with E-state index in [1.807, 2.05) is 19.2 Å². The van der Waals surface area contributed by atoms with E-state index in [2.05, 4.69) is 154 Å². The first-order valence-electron chi connectivity index (χ1n) is 26.3. The summed E-state index contributed by atoms with van der Waals surface area (Å²) in [5.74, 6) is 2.09. The molecule has 1 unspecified atom stereocenters. The monoisotopic (exact) mass is 984 g/mol. The molecular formula is C63H73NO7Si. The molecule has 0 N–H and O–H groups in total. The molecule has 72 heavy (non-hydrogen) atoms. The number of rotatable bonds is 21. The van der Waals surface area contributed by atoms with Crippen LogP contribution in [0.1, 0.15) is 93.5 Å². The lowest BCUT2D eigenvalue weighted by Gasteiger charge is -2.40. The van der Waals surface area contributed by atoms with Gasteiger partial charge in [-0.3, -0.25) is 0 Å². The van der Waals surface area contributed by atoms with Crippen LogP contribution in [0.4, 0.5) is 5.69 Å². The number of hydrogen-bond donors (Lipinski definition) is 0. The average molecular weight is 984 g/mol. The first-order chi connectivity index (χ1) is 34.9. The minimum Gasteiger partial charge on any atom is -0.495 e. The first-order valence-corrected chi connectivity index (χ1v) is 29.8. The van der Waals surface area contributed by atoms with Crippen LogP contribution in [0.15, 0.2) is 127 Å². The Labute approximate surface area is 429 Å². The van der Waals surface area contributed by atoms with Gasteiger partial charge in [-0.1, -0.05) is 143 Å². The van der Waals surface area contributed by atoms with Crippen molar-refractivity contribution in [2.75, 3.05) is 64.7 Å². The van der Waals surface area contributed by atoms with Crippen molar-refractivity contribution in [1.82, 2.24) is 0 Å². The van der Waals surface area contributed by atoms with Gasteiger partial charge in [0.1, 0.15) is 30.5 Å². The molecule has 1 aliphatic carbocycles. The molecule has 6 aromatic carbocycles. The lowest BCUT2D eigenvalue weighted by atomic mass is 9.69. The molecule has 0 radical (unpaired) electrons. The Kier molecular flexibility index (Phi) is 15.5. The summed E-state index contributed by atoms with van der Waals surface area (Å²) in [5, 5.41) is 3.75. The van der Waals surface area contributed by atoms with E-state index in [0.717, 1.165) is 83.8 Å². The average Bonchev–Trinajstić information content (AvgIpc) is 3.68. The Bertz CT molecular complexity index is 2910. The number of nitrogens with zero attached hydrogens (tertiary/aromatic N) is 1. The van der Waals surface area contributed by atoms with Gasteiger partial charge >= 0.3 is 5.97 Å². The van der Waals surface area contributed by atoms with Crippen LogP contribution in [0.5, 0.6) is 17.2 Å². The lowest BCUT2D eigenvalue weighted by Crippen LogP contribution is -2.37. The molecule has 9 rings (SSSR count). The Hall–Kier alpha value is -6.13. The molecule has 0 amide bonds. The topological polar surface area (TPSA) is 75.7 Å². The fourth-order valence-corrected chi connectivity index (χ4v) is 12.6.